The van der Waals surface area contributed by atoms with Gasteiger partial charge in [0.1, 0.15) is 10.2 Å². The second kappa shape index (κ2) is 5.08. The van der Waals surface area contributed by atoms with Gasteiger partial charge in [0.25, 0.3) is 0 Å². The van der Waals surface area contributed by atoms with Crippen LogP contribution in [0.15, 0.2) is 21.1 Å². The van der Waals surface area contributed by atoms with E-state index in [0.717, 1.165) is 10.1 Å². The molecule has 0 saturated carbocycles. The molecule has 0 aromatic carbocycles. The van der Waals surface area contributed by atoms with Crippen LogP contribution in [0.5, 0.6) is 0 Å². The normalized spacial score (nSPS) is 14.4. The number of aromatic nitrogens is 1. The first kappa shape index (κ1) is 10.3. The van der Waals surface area contributed by atoms with Crippen LogP contribution in [0.25, 0.3) is 0 Å². The van der Waals surface area contributed by atoms with E-state index in [9.17, 15) is 0 Å². The molecule has 0 spiro atoms. The maximum Gasteiger partial charge on any atom is 0.149 e. The Hall–Kier alpha value is -0.750. The summed E-state index contributed by atoms with van der Waals surface area (Å²) < 4.78 is 1.01. The number of rotatable bonds is 4. The van der Waals surface area contributed by atoms with Crippen molar-refractivity contribution >= 4 is 28.9 Å². The molecule has 0 aliphatic rings. The first-order valence-corrected chi connectivity index (χ1v) is 5.60. The summed E-state index contributed by atoms with van der Waals surface area (Å²) in [6.07, 6.45) is 1.77. The molecule has 0 bridgehead atoms. The lowest BCUT2D eigenvalue weighted by Gasteiger charge is -2.06. The highest BCUT2D eigenvalue weighted by molar-refractivity contribution is 8.01. The van der Waals surface area contributed by atoms with Gasteiger partial charge in [-0.1, -0.05) is 23.8 Å². The third kappa shape index (κ3) is 3.23. The molecule has 72 valence electrons. The van der Waals surface area contributed by atoms with Gasteiger partial charge >= 0.3 is 0 Å². The fraction of sp³-hybridized carbons (Fsp3) is 0.429. The lowest BCUT2D eigenvalue weighted by Crippen LogP contribution is -2.22. The molecule has 0 aliphatic carbocycles. The fourth-order valence-electron chi connectivity index (χ4n) is 0.662. The van der Waals surface area contributed by atoms with E-state index in [4.69, 9.17) is 10.9 Å². The maximum absolute atomic E-state index is 8.40. The SMILES string of the molecule is CC(CSc1nccs1)C(N)=NO. The monoisotopic (exact) mass is 217 g/mol. The molecular formula is C7H11N3OS2. The number of nitrogens with zero attached hydrogens (tertiary/aromatic N) is 2. The second-order valence-corrected chi connectivity index (χ2v) is 4.70. The summed E-state index contributed by atoms with van der Waals surface area (Å²) in [5, 5.41) is 13.3. The van der Waals surface area contributed by atoms with Crippen LogP contribution < -0.4 is 5.73 Å². The van der Waals surface area contributed by atoms with Crippen LogP contribution in [0.3, 0.4) is 0 Å². The Morgan fingerprint density at radius 3 is 3.23 bits per heavy atom. The van der Waals surface area contributed by atoms with Gasteiger partial charge in [-0.3, -0.25) is 0 Å². The zero-order valence-electron chi connectivity index (χ0n) is 7.17. The number of amidine groups is 1. The van der Waals surface area contributed by atoms with Crippen LogP contribution >= 0.6 is 23.1 Å². The Balaban J connectivity index is 2.35. The molecule has 6 heteroatoms. The summed E-state index contributed by atoms with van der Waals surface area (Å²) in [6.45, 7) is 1.91. The van der Waals surface area contributed by atoms with Crippen LogP contribution in [-0.4, -0.2) is 21.8 Å². The van der Waals surface area contributed by atoms with Crippen LogP contribution in [-0.2, 0) is 0 Å². The van der Waals surface area contributed by atoms with E-state index < -0.39 is 0 Å². The zero-order chi connectivity index (χ0) is 9.68. The fourth-order valence-corrected chi connectivity index (χ4v) is 2.36. The highest BCUT2D eigenvalue weighted by Crippen LogP contribution is 2.22. The maximum atomic E-state index is 8.40. The van der Waals surface area contributed by atoms with Crippen molar-refractivity contribution in [1.29, 1.82) is 0 Å². The van der Waals surface area contributed by atoms with Gasteiger partial charge in [-0.25, -0.2) is 4.98 Å². The summed E-state index contributed by atoms with van der Waals surface area (Å²) >= 11 is 3.21. The number of oxime groups is 1. The first-order valence-electron chi connectivity index (χ1n) is 3.73. The van der Waals surface area contributed by atoms with Crippen molar-refractivity contribution in [3.05, 3.63) is 11.6 Å². The van der Waals surface area contributed by atoms with Crippen molar-refractivity contribution < 1.29 is 5.21 Å². The topological polar surface area (TPSA) is 71.5 Å². The molecule has 0 radical (unpaired) electrons. The van der Waals surface area contributed by atoms with Gasteiger partial charge in [0.2, 0.25) is 0 Å². The molecule has 0 aliphatic heterocycles. The molecule has 4 nitrogen and oxygen atoms in total. The van der Waals surface area contributed by atoms with E-state index in [1.807, 2.05) is 12.3 Å². The summed E-state index contributed by atoms with van der Waals surface area (Å²) in [5.41, 5.74) is 5.43. The van der Waals surface area contributed by atoms with Gasteiger partial charge in [-0.15, -0.1) is 11.3 Å². The average molecular weight is 217 g/mol. The van der Waals surface area contributed by atoms with Gasteiger partial charge < -0.3 is 10.9 Å². The second-order valence-electron chi connectivity index (χ2n) is 2.53. The van der Waals surface area contributed by atoms with Crippen molar-refractivity contribution in [2.45, 2.75) is 11.3 Å². The summed E-state index contributed by atoms with van der Waals surface area (Å²) in [7, 11) is 0. The standard InChI is InChI=1S/C7H11N3OS2/c1-5(6(8)10-11)4-13-7-9-2-3-12-7/h2-3,5,11H,4H2,1H3,(H2,8,10). The highest BCUT2D eigenvalue weighted by atomic mass is 32.2. The lowest BCUT2D eigenvalue weighted by molar-refractivity contribution is 0.315. The summed E-state index contributed by atoms with van der Waals surface area (Å²) in [4.78, 5) is 4.11. The summed E-state index contributed by atoms with van der Waals surface area (Å²) in [6, 6.07) is 0. The van der Waals surface area contributed by atoms with Gasteiger partial charge in [0.05, 0.1) is 0 Å². The minimum atomic E-state index is 0.0684. The summed E-state index contributed by atoms with van der Waals surface area (Å²) in [5.74, 6) is 1.12. The molecule has 1 rings (SSSR count). The number of thioether (sulfide) groups is 1. The average Bonchev–Trinajstić information content (AvgIpc) is 2.65. The van der Waals surface area contributed by atoms with Crippen molar-refractivity contribution in [2.24, 2.45) is 16.8 Å². The molecule has 3 N–H and O–H groups in total. The van der Waals surface area contributed by atoms with Gasteiger partial charge in [-0.05, 0) is 0 Å². The van der Waals surface area contributed by atoms with Crippen LogP contribution in [0, 0.1) is 5.92 Å². The minimum Gasteiger partial charge on any atom is -0.409 e. The molecule has 0 saturated heterocycles. The smallest absolute Gasteiger partial charge is 0.149 e. The molecular weight excluding hydrogens is 206 g/mol. The quantitative estimate of drug-likeness (QED) is 0.264. The number of thiazole rings is 1. The van der Waals surface area contributed by atoms with E-state index in [2.05, 4.69) is 10.1 Å². The van der Waals surface area contributed by atoms with Crippen molar-refractivity contribution in [1.82, 2.24) is 4.98 Å². The lowest BCUT2D eigenvalue weighted by atomic mass is 10.2. The number of nitrogens with two attached hydrogens (primary N) is 1. The Morgan fingerprint density at radius 1 is 1.92 bits per heavy atom. The van der Waals surface area contributed by atoms with E-state index in [0.29, 0.717) is 0 Å². The van der Waals surface area contributed by atoms with Crippen LogP contribution in [0.4, 0.5) is 0 Å². The third-order valence-electron chi connectivity index (χ3n) is 1.49. The van der Waals surface area contributed by atoms with Gasteiger partial charge in [0.15, 0.2) is 0 Å². The first-order chi connectivity index (χ1) is 6.24. The Kier molecular flexibility index (Phi) is 4.04. The molecule has 1 atom stereocenters. The van der Waals surface area contributed by atoms with Crippen molar-refractivity contribution in [3.8, 4) is 0 Å². The zero-order valence-corrected chi connectivity index (χ0v) is 8.81. The van der Waals surface area contributed by atoms with Crippen molar-refractivity contribution in [3.63, 3.8) is 0 Å². The third-order valence-corrected chi connectivity index (χ3v) is 3.71. The Labute approximate surface area is 84.9 Å². The largest absolute Gasteiger partial charge is 0.409 e. The molecule has 1 aromatic rings. The minimum absolute atomic E-state index is 0.0684. The predicted molar refractivity (Wildman–Crippen MR) is 55.4 cm³/mol. The Bertz CT molecular complexity index is 273. The molecule has 0 amide bonds. The van der Waals surface area contributed by atoms with Gasteiger partial charge in [-0.2, -0.15) is 0 Å². The Morgan fingerprint density at radius 2 is 2.69 bits per heavy atom. The predicted octanol–water partition coefficient (Wildman–Crippen LogP) is 1.62. The van der Waals surface area contributed by atoms with E-state index >= 15 is 0 Å². The van der Waals surface area contributed by atoms with Crippen LogP contribution in [0.1, 0.15) is 6.92 Å². The van der Waals surface area contributed by atoms with E-state index in [-0.39, 0.29) is 11.8 Å². The molecule has 1 aromatic heterocycles. The number of hydrogen-bond acceptors (Lipinski definition) is 5. The van der Waals surface area contributed by atoms with E-state index in [1.54, 1.807) is 29.3 Å². The number of hydrogen-bond donors (Lipinski definition) is 2. The van der Waals surface area contributed by atoms with Crippen LogP contribution in [0.2, 0.25) is 0 Å². The molecule has 0 fully saturated rings. The molecule has 1 unspecified atom stereocenters. The molecule has 13 heavy (non-hydrogen) atoms. The van der Waals surface area contributed by atoms with Crippen molar-refractivity contribution in [2.75, 3.05) is 5.75 Å². The van der Waals surface area contributed by atoms with Gasteiger partial charge in [0, 0.05) is 23.2 Å². The van der Waals surface area contributed by atoms with E-state index in [1.165, 1.54) is 0 Å². The highest BCUT2D eigenvalue weighted by Gasteiger charge is 2.08. The molecule has 1 heterocycles.